The van der Waals surface area contributed by atoms with E-state index in [-0.39, 0.29) is 25.2 Å². The molecular formula is C24H46O10S8. The number of hydrogen-bond acceptors (Lipinski definition) is 18. The van der Waals surface area contributed by atoms with Crippen LogP contribution in [0.15, 0.2) is 0 Å². The van der Waals surface area contributed by atoms with Gasteiger partial charge in [0.1, 0.15) is 18.5 Å². The monoisotopic (exact) mass is 750 g/mol. The predicted molar refractivity (Wildman–Crippen MR) is 189 cm³/mol. The first-order valence-corrected chi connectivity index (χ1v) is 22.6. The normalized spacial score (nSPS) is 11.2. The lowest BCUT2D eigenvalue weighted by molar-refractivity contribution is -0.285. The molecule has 0 aromatic rings. The molecule has 0 aliphatic carbocycles. The molecule has 0 fully saturated rings. The lowest BCUT2D eigenvalue weighted by Gasteiger charge is -2.06. The van der Waals surface area contributed by atoms with Crippen LogP contribution in [0, 0.1) is 0 Å². The Bertz CT molecular complexity index is 587. The van der Waals surface area contributed by atoms with Gasteiger partial charge in [-0.1, -0.05) is 0 Å². The average molecular weight is 751 g/mol. The molecule has 0 amide bonds. The second-order valence-electron chi connectivity index (χ2n) is 7.37. The SMILES string of the molecule is O=C(CSCCSCCOOCSCCSCOC(=O)CSCCSCCOOCCSCCO)OCCSCCO. The summed E-state index contributed by atoms with van der Waals surface area (Å²) in [7, 11) is 0. The number of aliphatic hydroxyl groups excluding tert-OH is 2. The highest BCUT2D eigenvalue weighted by atomic mass is 32.2. The van der Waals surface area contributed by atoms with Gasteiger partial charge in [-0.2, -0.15) is 47.0 Å². The van der Waals surface area contributed by atoms with Gasteiger partial charge in [-0.05, 0) is 0 Å². The van der Waals surface area contributed by atoms with E-state index in [0.717, 1.165) is 57.5 Å². The lowest BCUT2D eigenvalue weighted by atomic mass is 10.7. The molecule has 0 spiro atoms. The maximum Gasteiger partial charge on any atom is 0.316 e. The quantitative estimate of drug-likeness (QED) is 0.0321. The highest BCUT2D eigenvalue weighted by Crippen LogP contribution is 2.11. The van der Waals surface area contributed by atoms with Crippen molar-refractivity contribution in [3.8, 4) is 0 Å². The second kappa shape index (κ2) is 38.7. The Morgan fingerprint density at radius 2 is 0.810 bits per heavy atom. The van der Waals surface area contributed by atoms with Crippen LogP contribution < -0.4 is 0 Å². The molecule has 0 heterocycles. The molecule has 250 valence electrons. The van der Waals surface area contributed by atoms with Crippen LogP contribution in [0.1, 0.15) is 0 Å². The highest BCUT2D eigenvalue weighted by Gasteiger charge is 2.04. The summed E-state index contributed by atoms with van der Waals surface area (Å²) in [5.74, 6) is 11.1. The zero-order chi connectivity index (χ0) is 30.6. The fourth-order valence-electron chi connectivity index (χ4n) is 2.25. The Hall–Kier alpha value is 1.50. The topological polar surface area (TPSA) is 130 Å². The molecule has 0 unspecified atom stereocenters. The maximum absolute atomic E-state index is 11.8. The van der Waals surface area contributed by atoms with Crippen molar-refractivity contribution >= 4 is 106 Å². The Labute approximate surface area is 285 Å². The van der Waals surface area contributed by atoms with E-state index in [0.29, 0.717) is 61.3 Å². The minimum atomic E-state index is -0.189. The number of thioether (sulfide) groups is 8. The Morgan fingerprint density at radius 1 is 0.405 bits per heavy atom. The number of ether oxygens (including phenoxy) is 2. The van der Waals surface area contributed by atoms with Gasteiger partial charge in [-0.15, -0.1) is 47.0 Å². The van der Waals surface area contributed by atoms with Gasteiger partial charge >= 0.3 is 11.9 Å². The smallest absolute Gasteiger partial charge is 0.316 e. The van der Waals surface area contributed by atoms with Crippen molar-refractivity contribution in [2.75, 3.05) is 132 Å². The van der Waals surface area contributed by atoms with Crippen LogP contribution in [-0.2, 0) is 38.6 Å². The van der Waals surface area contributed by atoms with Gasteiger partial charge in [-0.25, -0.2) is 19.6 Å². The van der Waals surface area contributed by atoms with E-state index < -0.39 is 0 Å². The molecular weight excluding hydrogens is 705 g/mol. The Balaban J connectivity index is 3.19. The molecule has 0 aromatic carbocycles. The van der Waals surface area contributed by atoms with Crippen LogP contribution in [0.25, 0.3) is 0 Å². The number of hydrogen-bond donors (Lipinski definition) is 2. The molecule has 0 bridgehead atoms. The summed E-state index contributed by atoms with van der Waals surface area (Å²) < 4.78 is 10.4. The van der Waals surface area contributed by atoms with Crippen LogP contribution >= 0.6 is 94.1 Å². The standard InChI is InChI=1S/C24H46O10S8/c25-1-7-35-9-3-29-23(27)19-39-15-13-38-12-6-33-34-22-42-18-17-41-21-30-24(28)20-40-16-14-37-11-5-32-31-4-10-36-8-2-26/h25-26H,1-22H2. The van der Waals surface area contributed by atoms with Crippen LogP contribution in [0.5, 0.6) is 0 Å². The van der Waals surface area contributed by atoms with Gasteiger partial charge in [0.25, 0.3) is 0 Å². The molecule has 0 saturated carbocycles. The van der Waals surface area contributed by atoms with E-state index in [1.807, 2.05) is 0 Å². The number of carbonyl (C=O) groups excluding carboxylic acids is 2. The van der Waals surface area contributed by atoms with E-state index >= 15 is 0 Å². The van der Waals surface area contributed by atoms with Gasteiger partial charge in [0.15, 0.2) is 0 Å². The van der Waals surface area contributed by atoms with Gasteiger partial charge in [0.2, 0.25) is 0 Å². The summed E-state index contributed by atoms with van der Waals surface area (Å²) in [5.41, 5.74) is 0. The fraction of sp³-hybridized carbons (Fsp3) is 0.917. The predicted octanol–water partition coefficient (Wildman–Crippen LogP) is 3.73. The second-order valence-corrected chi connectivity index (χ2v) is 16.6. The summed E-state index contributed by atoms with van der Waals surface area (Å²) >= 11 is 13.0. The van der Waals surface area contributed by atoms with E-state index in [4.69, 9.17) is 39.2 Å². The van der Waals surface area contributed by atoms with Crippen LogP contribution in [0.2, 0.25) is 0 Å². The minimum absolute atomic E-state index is 0.147. The molecule has 0 aliphatic rings. The van der Waals surface area contributed by atoms with E-state index in [1.165, 1.54) is 0 Å². The zero-order valence-electron chi connectivity index (χ0n) is 24.0. The molecule has 0 atom stereocenters. The Kier molecular flexibility index (Phi) is 40.1. The number of esters is 2. The average Bonchev–Trinajstić information content (AvgIpc) is 2.99. The molecule has 0 aromatic heterocycles. The van der Waals surface area contributed by atoms with Gasteiger partial charge in [-0.3, -0.25) is 9.59 Å². The van der Waals surface area contributed by atoms with Gasteiger partial charge in [0, 0.05) is 69.0 Å². The van der Waals surface area contributed by atoms with Crippen molar-refractivity contribution in [1.29, 1.82) is 0 Å². The molecule has 0 radical (unpaired) electrons. The largest absolute Gasteiger partial charge is 0.464 e. The Morgan fingerprint density at radius 3 is 1.36 bits per heavy atom. The van der Waals surface area contributed by atoms with E-state index in [2.05, 4.69) is 0 Å². The molecule has 18 heteroatoms. The minimum Gasteiger partial charge on any atom is -0.464 e. The number of carbonyl (C=O) groups is 2. The summed E-state index contributed by atoms with van der Waals surface area (Å²) in [6.07, 6.45) is 0. The molecule has 0 aliphatic heterocycles. The van der Waals surface area contributed by atoms with Crippen LogP contribution in [-0.4, -0.2) is 154 Å². The molecule has 0 saturated heterocycles. The molecule has 42 heavy (non-hydrogen) atoms. The summed E-state index contributed by atoms with van der Waals surface area (Å²) in [6, 6.07) is 0. The van der Waals surface area contributed by atoms with Crippen molar-refractivity contribution < 1.29 is 48.8 Å². The van der Waals surface area contributed by atoms with Crippen molar-refractivity contribution in [3.63, 3.8) is 0 Å². The molecule has 10 nitrogen and oxygen atoms in total. The first kappa shape index (κ1) is 43.5. The number of aliphatic hydroxyl groups is 2. The lowest BCUT2D eigenvalue weighted by Crippen LogP contribution is -2.10. The summed E-state index contributed by atoms with van der Waals surface area (Å²) in [5, 5.41) is 17.3. The third-order valence-corrected chi connectivity index (χ3v) is 12.0. The summed E-state index contributed by atoms with van der Waals surface area (Å²) in [6.45, 7) is 2.30. The van der Waals surface area contributed by atoms with Gasteiger partial charge in [0.05, 0.1) is 44.5 Å². The number of rotatable bonds is 35. The summed E-state index contributed by atoms with van der Waals surface area (Å²) in [4.78, 5) is 43.8. The zero-order valence-corrected chi connectivity index (χ0v) is 30.5. The van der Waals surface area contributed by atoms with Crippen molar-refractivity contribution in [2.45, 2.75) is 0 Å². The van der Waals surface area contributed by atoms with Crippen LogP contribution in [0.4, 0.5) is 0 Å². The fourth-order valence-corrected chi connectivity index (χ4v) is 8.29. The third-order valence-electron chi connectivity index (χ3n) is 4.05. The van der Waals surface area contributed by atoms with Crippen LogP contribution in [0.3, 0.4) is 0 Å². The molecule has 0 rings (SSSR count). The third kappa shape index (κ3) is 37.7. The maximum atomic E-state index is 11.8. The van der Waals surface area contributed by atoms with Gasteiger partial charge < -0.3 is 19.7 Å². The first-order valence-electron chi connectivity index (χ1n) is 13.3. The van der Waals surface area contributed by atoms with Crippen molar-refractivity contribution in [2.24, 2.45) is 0 Å². The van der Waals surface area contributed by atoms with Crippen molar-refractivity contribution in [1.82, 2.24) is 0 Å². The van der Waals surface area contributed by atoms with E-state index in [1.54, 1.807) is 94.1 Å². The first-order chi connectivity index (χ1) is 20.7. The molecule has 2 N–H and O–H groups in total. The van der Waals surface area contributed by atoms with E-state index in [9.17, 15) is 9.59 Å². The van der Waals surface area contributed by atoms with Crippen molar-refractivity contribution in [3.05, 3.63) is 0 Å². The highest BCUT2D eigenvalue weighted by molar-refractivity contribution is 8.04.